The number of rotatable bonds is 9. The van der Waals surface area contributed by atoms with Crippen LogP contribution in [0, 0.1) is 0 Å². The third-order valence-electron chi connectivity index (χ3n) is 3.43. The van der Waals surface area contributed by atoms with Crippen LogP contribution in [0.1, 0.15) is 27.2 Å². The van der Waals surface area contributed by atoms with Gasteiger partial charge in [-0.25, -0.2) is 0 Å². The van der Waals surface area contributed by atoms with E-state index in [1.165, 1.54) is 11.8 Å². The van der Waals surface area contributed by atoms with E-state index in [1.54, 1.807) is 19.3 Å². The van der Waals surface area contributed by atoms with Crippen molar-refractivity contribution in [3.63, 3.8) is 0 Å². The predicted molar refractivity (Wildman–Crippen MR) is 95.0 cm³/mol. The first-order chi connectivity index (χ1) is 12.1. The Morgan fingerprint density at radius 3 is 2.80 bits per heavy atom. The molecule has 2 aromatic rings. The van der Waals surface area contributed by atoms with Crippen molar-refractivity contribution in [2.45, 2.75) is 44.9 Å². The molecule has 1 atom stereocenters. The summed E-state index contributed by atoms with van der Waals surface area (Å²) >= 11 is 1.27. The largest absolute Gasteiger partial charge is 0.461 e. The third-order valence-corrected chi connectivity index (χ3v) is 4.39. The zero-order chi connectivity index (χ0) is 18.2. The van der Waals surface area contributed by atoms with Crippen molar-refractivity contribution in [1.29, 1.82) is 0 Å². The van der Waals surface area contributed by atoms with E-state index in [9.17, 15) is 9.59 Å². The number of thioether (sulfide) groups is 1. The Morgan fingerprint density at radius 1 is 1.36 bits per heavy atom. The van der Waals surface area contributed by atoms with Gasteiger partial charge in [0.15, 0.2) is 16.7 Å². The fourth-order valence-electron chi connectivity index (χ4n) is 2.15. The summed E-state index contributed by atoms with van der Waals surface area (Å²) in [4.78, 5) is 23.8. The molecule has 0 unspecified atom stereocenters. The molecule has 2 heterocycles. The summed E-state index contributed by atoms with van der Waals surface area (Å²) in [6.45, 7) is 6.87. The van der Waals surface area contributed by atoms with Gasteiger partial charge in [0.2, 0.25) is 11.8 Å². The van der Waals surface area contributed by atoms with Crippen molar-refractivity contribution < 1.29 is 14.0 Å². The normalized spacial score (nSPS) is 12.0. The van der Waals surface area contributed by atoms with Crippen LogP contribution < -0.4 is 10.6 Å². The summed E-state index contributed by atoms with van der Waals surface area (Å²) in [5.41, 5.74) is 0. The lowest BCUT2D eigenvalue weighted by atomic mass is 10.3. The van der Waals surface area contributed by atoms with Crippen LogP contribution in [0.2, 0.25) is 0 Å². The minimum absolute atomic E-state index is 0.154. The Kier molecular flexibility index (Phi) is 7.05. The van der Waals surface area contributed by atoms with E-state index in [0.29, 0.717) is 29.8 Å². The van der Waals surface area contributed by atoms with Crippen LogP contribution in [-0.4, -0.2) is 44.9 Å². The van der Waals surface area contributed by atoms with Gasteiger partial charge in [-0.3, -0.25) is 14.2 Å². The molecule has 0 aliphatic carbocycles. The Balaban J connectivity index is 1.91. The summed E-state index contributed by atoms with van der Waals surface area (Å²) in [5, 5.41) is 14.3. The molecular formula is C16H23N5O3S. The molecule has 0 aliphatic rings. The molecule has 0 aromatic carbocycles. The van der Waals surface area contributed by atoms with Crippen molar-refractivity contribution in [2.75, 3.05) is 12.3 Å². The fourth-order valence-corrected chi connectivity index (χ4v) is 2.96. The maximum absolute atomic E-state index is 12.1. The summed E-state index contributed by atoms with van der Waals surface area (Å²) in [7, 11) is 0. The lowest BCUT2D eigenvalue weighted by Gasteiger charge is -2.13. The van der Waals surface area contributed by atoms with Gasteiger partial charge in [-0.15, -0.1) is 10.2 Å². The second kappa shape index (κ2) is 9.26. The van der Waals surface area contributed by atoms with Crippen molar-refractivity contribution in [3.05, 3.63) is 18.4 Å². The topological polar surface area (TPSA) is 102 Å². The maximum atomic E-state index is 12.1. The number of nitrogens with one attached hydrogen (secondary N) is 2. The number of nitrogens with zero attached hydrogens (tertiary/aromatic N) is 3. The van der Waals surface area contributed by atoms with E-state index < -0.39 is 6.04 Å². The molecule has 0 aliphatic heterocycles. The quantitative estimate of drug-likeness (QED) is 0.656. The van der Waals surface area contributed by atoms with E-state index in [1.807, 2.05) is 24.5 Å². The van der Waals surface area contributed by atoms with Gasteiger partial charge in [-0.1, -0.05) is 18.7 Å². The number of hydrogen-bond donors (Lipinski definition) is 2. The first kappa shape index (κ1) is 19.0. The first-order valence-electron chi connectivity index (χ1n) is 8.23. The summed E-state index contributed by atoms with van der Waals surface area (Å²) in [5.74, 6) is 1.00. The molecular weight excluding hydrogens is 342 g/mol. The van der Waals surface area contributed by atoms with Crippen LogP contribution in [0.15, 0.2) is 28.0 Å². The molecule has 9 heteroatoms. The van der Waals surface area contributed by atoms with Gasteiger partial charge >= 0.3 is 0 Å². The molecule has 136 valence electrons. The SMILES string of the molecule is CCCNC(=O)[C@@H](C)NC(=O)CSc1nnc(-c2ccco2)n1CC. The fraction of sp³-hybridized carbons (Fsp3) is 0.500. The number of amides is 2. The summed E-state index contributed by atoms with van der Waals surface area (Å²) < 4.78 is 7.24. The Labute approximate surface area is 150 Å². The van der Waals surface area contributed by atoms with E-state index in [4.69, 9.17) is 4.42 Å². The molecule has 2 amide bonds. The standard InChI is InChI=1S/C16H23N5O3S/c1-4-8-17-15(23)11(3)18-13(22)10-25-16-20-19-14(21(16)5-2)12-7-6-9-24-12/h6-7,9,11H,4-5,8,10H2,1-3H3,(H,17,23)(H,18,22)/t11-/m1/s1. The number of carbonyl (C=O) groups is 2. The maximum Gasteiger partial charge on any atom is 0.242 e. The lowest BCUT2D eigenvalue weighted by Crippen LogP contribution is -2.45. The average Bonchev–Trinajstić information content (AvgIpc) is 3.26. The molecule has 0 spiro atoms. The van der Waals surface area contributed by atoms with Crippen LogP contribution in [0.5, 0.6) is 0 Å². The highest BCUT2D eigenvalue weighted by Crippen LogP contribution is 2.24. The Bertz CT molecular complexity index is 699. The molecule has 2 rings (SSSR count). The van der Waals surface area contributed by atoms with Gasteiger partial charge in [0, 0.05) is 13.1 Å². The van der Waals surface area contributed by atoms with Crippen molar-refractivity contribution >= 4 is 23.6 Å². The third kappa shape index (κ3) is 5.09. The first-order valence-corrected chi connectivity index (χ1v) is 9.22. The van der Waals surface area contributed by atoms with Crippen LogP contribution in [0.3, 0.4) is 0 Å². The molecule has 0 bridgehead atoms. The van der Waals surface area contributed by atoms with Crippen LogP contribution in [0.25, 0.3) is 11.6 Å². The van der Waals surface area contributed by atoms with Crippen LogP contribution in [0.4, 0.5) is 0 Å². The predicted octanol–water partition coefficient (Wildman–Crippen LogP) is 1.68. The van der Waals surface area contributed by atoms with Crippen molar-refractivity contribution in [2.24, 2.45) is 0 Å². The van der Waals surface area contributed by atoms with E-state index >= 15 is 0 Å². The molecule has 0 radical (unpaired) electrons. The van der Waals surface area contributed by atoms with Gasteiger partial charge in [0.25, 0.3) is 0 Å². The monoisotopic (exact) mass is 365 g/mol. The second-order valence-electron chi connectivity index (χ2n) is 5.40. The van der Waals surface area contributed by atoms with Crippen molar-refractivity contribution in [3.8, 4) is 11.6 Å². The molecule has 0 fully saturated rings. The smallest absolute Gasteiger partial charge is 0.242 e. The molecule has 25 heavy (non-hydrogen) atoms. The number of hydrogen-bond acceptors (Lipinski definition) is 6. The summed E-state index contributed by atoms with van der Waals surface area (Å²) in [6.07, 6.45) is 2.43. The van der Waals surface area contributed by atoms with Crippen molar-refractivity contribution in [1.82, 2.24) is 25.4 Å². The number of aromatic nitrogens is 3. The highest BCUT2D eigenvalue weighted by molar-refractivity contribution is 7.99. The Morgan fingerprint density at radius 2 is 2.16 bits per heavy atom. The average molecular weight is 365 g/mol. The zero-order valence-electron chi connectivity index (χ0n) is 14.6. The van der Waals surface area contributed by atoms with Gasteiger partial charge in [-0.05, 0) is 32.4 Å². The second-order valence-corrected chi connectivity index (χ2v) is 6.34. The molecule has 0 saturated heterocycles. The molecule has 2 N–H and O–H groups in total. The van der Waals surface area contributed by atoms with Crippen LogP contribution in [-0.2, 0) is 16.1 Å². The molecule has 8 nitrogen and oxygen atoms in total. The van der Waals surface area contributed by atoms with E-state index in [-0.39, 0.29) is 17.6 Å². The minimum Gasteiger partial charge on any atom is -0.461 e. The zero-order valence-corrected chi connectivity index (χ0v) is 15.4. The number of furan rings is 1. The van der Waals surface area contributed by atoms with Gasteiger partial charge in [0.05, 0.1) is 12.0 Å². The summed E-state index contributed by atoms with van der Waals surface area (Å²) in [6, 6.07) is 3.03. The molecule has 2 aromatic heterocycles. The molecule has 0 saturated carbocycles. The van der Waals surface area contributed by atoms with E-state index in [0.717, 1.165) is 6.42 Å². The lowest BCUT2D eigenvalue weighted by molar-refractivity contribution is -0.127. The van der Waals surface area contributed by atoms with Gasteiger partial charge in [-0.2, -0.15) is 0 Å². The Hall–Kier alpha value is -2.29. The van der Waals surface area contributed by atoms with E-state index in [2.05, 4.69) is 20.8 Å². The van der Waals surface area contributed by atoms with Gasteiger partial charge < -0.3 is 15.1 Å². The number of carbonyl (C=O) groups excluding carboxylic acids is 2. The highest BCUT2D eigenvalue weighted by Gasteiger charge is 2.18. The van der Waals surface area contributed by atoms with Gasteiger partial charge in [0.1, 0.15) is 6.04 Å². The highest BCUT2D eigenvalue weighted by atomic mass is 32.2. The minimum atomic E-state index is -0.567. The van der Waals surface area contributed by atoms with Crippen LogP contribution >= 0.6 is 11.8 Å².